The number of ether oxygens (including phenoxy) is 1. The molecule has 1 fully saturated rings. The van der Waals surface area contributed by atoms with Crippen molar-refractivity contribution in [1.82, 2.24) is 9.55 Å². The van der Waals surface area contributed by atoms with Crippen molar-refractivity contribution in [2.75, 3.05) is 11.9 Å². The molecule has 2 unspecified atom stereocenters. The van der Waals surface area contributed by atoms with Crippen molar-refractivity contribution in [1.29, 1.82) is 0 Å². The smallest absolute Gasteiger partial charge is 0.304 e. The molecule has 37 heavy (non-hydrogen) atoms. The minimum atomic E-state index is -3.24. The minimum Gasteiger partial charge on any atom is -0.481 e. The Hall–Kier alpha value is -3.27. The fraction of sp³-hybridized carbons (Fsp3) is 0.481. The molecule has 0 bridgehead atoms. The average molecular weight is 520 g/mol. The second-order valence-corrected chi connectivity index (χ2v) is 10.5. The molecule has 3 N–H and O–H groups in total. The fourth-order valence-electron chi connectivity index (χ4n) is 5.33. The molecule has 0 aliphatic heterocycles. The van der Waals surface area contributed by atoms with Gasteiger partial charge in [-0.05, 0) is 79.0 Å². The Morgan fingerprint density at radius 2 is 1.92 bits per heavy atom. The molecule has 2 aromatic carbocycles. The lowest BCUT2D eigenvalue weighted by atomic mass is 9.70. The Morgan fingerprint density at radius 1 is 1.19 bits per heavy atom. The number of carboxylic acids is 1. The number of aromatic nitrogens is 2. The Labute approximate surface area is 213 Å². The Balaban J connectivity index is 1.68. The van der Waals surface area contributed by atoms with Gasteiger partial charge in [0.15, 0.2) is 0 Å². The van der Waals surface area contributed by atoms with E-state index in [1.807, 2.05) is 18.2 Å². The molecular formula is C27H32F3N3O4. The lowest BCUT2D eigenvalue weighted by Gasteiger charge is -2.40. The van der Waals surface area contributed by atoms with Crippen molar-refractivity contribution < 1.29 is 32.9 Å². The van der Waals surface area contributed by atoms with E-state index in [0.717, 1.165) is 30.3 Å². The highest BCUT2D eigenvalue weighted by atomic mass is 19.3. The van der Waals surface area contributed by atoms with E-state index in [4.69, 9.17) is 10.1 Å². The average Bonchev–Trinajstić information content (AvgIpc) is 3.19. The number of nitrogens with zero attached hydrogens (tertiary/aromatic N) is 2. The summed E-state index contributed by atoms with van der Waals surface area (Å²) in [6.45, 7) is 4.48. The highest BCUT2D eigenvalue weighted by molar-refractivity contribution is 5.81. The maximum Gasteiger partial charge on any atom is 0.304 e. The number of aliphatic hydroxyl groups is 1. The summed E-state index contributed by atoms with van der Waals surface area (Å²) in [4.78, 5) is 15.8. The van der Waals surface area contributed by atoms with Gasteiger partial charge in [-0.25, -0.2) is 13.8 Å². The molecule has 1 saturated carbocycles. The summed E-state index contributed by atoms with van der Waals surface area (Å²) in [5.74, 6) is -0.176. The van der Waals surface area contributed by atoms with Crippen molar-refractivity contribution in [3.63, 3.8) is 0 Å². The maximum atomic E-state index is 13.2. The third-order valence-corrected chi connectivity index (χ3v) is 6.80. The number of carboxylic acid groups (broad SMARTS) is 1. The summed E-state index contributed by atoms with van der Waals surface area (Å²) in [6.07, 6.45) is -2.95. The predicted octanol–water partition coefficient (Wildman–Crippen LogP) is 6.10. The zero-order valence-electron chi connectivity index (χ0n) is 20.8. The summed E-state index contributed by atoms with van der Waals surface area (Å²) < 4.78 is 44.9. The number of alkyl halides is 3. The Kier molecular flexibility index (Phi) is 7.96. The molecule has 0 amide bonds. The second kappa shape index (κ2) is 11.0. The van der Waals surface area contributed by atoms with E-state index in [1.54, 1.807) is 12.1 Å². The van der Waals surface area contributed by atoms with E-state index in [1.165, 1.54) is 12.1 Å². The highest BCUT2D eigenvalue weighted by Crippen LogP contribution is 2.46. The van der Waals surface area contributed by atoms with Gasteiger partial charge in [0.05, 0.1) is 11.0 Å². The number of halogens is 3. The Bertz CT molecular complexity index is 1230. The maximum absolute atomic E-state index is 13.2. The molecular weight excluding hydrogens is 487 g/mol. The number of imidazole rings is 1. The summed E-state index contributed by atoms with van der Waals surface area (Å²) in [7, 11) is 0. The van der Waals surface area contributed by atoms with E-state index in [-0.39, 0.29) is 36.2 Å². The number of aliphatic hydroxyl groups excluding tert-OH is 1. The van der Waals surface area contributed by atoms with Gasteiger partial charge in [-0.15, -0.1) is 0 Å². The summed E-state index contributed by atoms with van der Waals surface area (Å²) in [6, 6.07) is 11.8. The lowest BCUT2D eigenvalue weighted by Crippen LogP contribution is -2.32. The number of anilines is 2. The largest absolute Gasteiger partial charge is 0.481 e. The van der Waals surface area contributed by atoms with Crippen molar-refractivity contribution in [2.24, 2.45) is 11.3 Å². The molecule has 1 aromatic heterocycles. The first-order valence-corrected chi connectivity index (χ1v) is 12.3. The zero-order valence-corrected chi connectivity index (χ0v) is 20.8. The molecule has 7 nitrogen and oxygen atoms in total. The number of aryl methyl sites for hydroxylation is 1. The first-order valence-electron chi connectivity index (χ1n) is 12.3. The number of benzene rings is 2. The van der Waals surface area contributed by atoms with Crippen LogP contribution in [0.15, 0.2) is 42.5 Å². The predicted molar refractivity (Wildman–Crippen MR) is 134 cm³/mol. The van der Waals surface area contributed by atoms with Gasteiger partial charge < -0.3 is 24.8 Å². The van der Waals surface area contributed by atoms with Crippen LogP contribution in [0, 0.1) is 11.3 Å². The van der Waals surface area contributed by atoms with Gasteiger partial charge in [-0.3, -0.25) is 4.79 Å². The van der Waals surface area contributed by atoms with E-state index in [0.29, 0.717) is 23.6 Å². The summed E-state index contributed by atoms with van der Waals surface area (Å²) in [5, 5.41) is 22.3. The zero-order chi connectivity index (χ0) is 26.7. The minimum absolute atomic E-state index is 0.0121. The molecule has 1 aliphatic rings. The first kappa shape index (κ1) is 26.8. The van der Waals surface area contributed by atoms with Crippen LogP contribution < -0.4 is 10.1 Å². The normalized spacial score (nSPS) is 20.2. The molecule has 0 radical (unpaired) electrons. The number of rotatable bonds is 10. The van der Waals surface area contributed by atoms with Gasteiger partial charge in [0, 0.05) is 24.8 Å². The molecule has 3 atom stereocenters. The van der Waals surface area contributed by atoms with Crippen LogP contribution in [-0.2, 0) is 11.2 Å². The third-order valence-electron chi connectivity index (χ3n) is 6.80. The van der Waals surface area contributed by atoms with Gasteiger partial charge in [-0.2, -0.15) is 4.39 Å². The lowest BCUT2D eigenvalue weighted by molar-refractivity contribution is -0.136. The summed E-state index contributed by atoms with van der Waals surface area (Å²) >= 11 is 0. The van der Waals surface area contributed by atoms with Crippen molar-refractivity contribution >= 4 is 28.6 Å². The number of carbonyl (C=O) groups is 1. The van der Waals surface area contributed by atoms with Crippen LogP contribution in [0.5, 0.6) is 5.75 Å². The van der Waals surface area contributed by atoms with Crippen LogP contribution in [0.4, 0.5) is 24.8 Å². The first-order chi connectivity index (χ1) is 17.5. The number of fused-ring (bicyclic) bond motifs is 1. The SMILES string of the molecule is CC1(C)CC(CO)C[C@@H](n2c(Nc3ccc(OC(F)C(F)F)cc3)nc3cc(CCC(=O)O)ccc32)C1. The molecule has 3 aromatic rings. The molecule has 200 valence electrons. The van der Waals surface area contributed by atoms with Crippen LogP contribution in [-0.4, -0.2) is 45.1 Å². The van der Waals surface area contributed by atoms with Gasteiger partial charge in [0.25, 0.3) is 6.36 Å². The molecule has 1 aliphatic carbocycles. The van der Waals surface area contributed by atoms with Crippen LogP contribution in [0.25, 0.3) is 11.0 Å². The van der Waals surface area contributed by atoms with Crippen LogP contribution >= 0.6 is 0 Å². The van der Waals surface area contributed by atoms with Crippen LogP contribution in [0.3, 0.4) is 0 Å². The molecule has 0 saturated heterocycles. The van der Waals surface area contributed by atoms with E-state index >= 15 is 0 Å². The molecule has 0 spiro atoms. The highest BCUT2D eigenvalue weighted by Gasteiger charge is 2.36. The van der Waals surface area contributed by atoms with Crippen molar-refractivity contribution in [2.45, 2.75) is 64.8 Å². The molecule has 4 rings (SSSR count). The quantitative estimate of drug-likeness (QED) is 0.300. The van der Waals surface area contributed by atoms with Crippen LogP contribution in [0.2, 0.25) is 0 Å². The van der Waals surface area contributed by atoms with Crippen molar-refractivity contribution in [3.05, 3.63) is 48.0 Å². The Morgan fingerprint density at radius 3 is 2.57 bits per heavy atom. The topological polar surface area (TPSA) is 96.6 Å². The van der Waals surface area contributed by atoms with Gasteiger partial charge in [-0.1, -0.05) is 19.9 Å². The van der Waals surface area contributed by atoms with Crippen molar-refractivity contribution in [3.8, 4) is 5.75 Å². The standard InChI is InChI=1S/C27H32F3N3O4/c1-27(2)13-17(15-34)11-19(14-27)33-22-9-3-16(4-10-23(35)36)12-21(22)32-26(33)31-18-5-7-20(8-6-18)37-25(30)24(28)29/h3,5-9,12,17,19,24-25,34H,4,10-11,13-15H2,1-2H3,(H,31,32)(H,35,36)/t17?,19-,25?/m1/s1. The number of aliphatic carboxylic acids is 1. The van der Waals surface area contributed by atoms with Crippen LogP contribution in [0.1, 0.15) is 51.1 Å². The molecule has 1 heterocycles. The fourth-order valence-corrected chi connectivity index (χ4v) is 5.33. The third kappa shape index (κ3) is 6.54. The number of hydrogen-bond donors (Lipinski definition) is 3. The van der Waals surface area contributed by atoms with E-state index < -0.39 is 18.8 Å². The van der Waals surface area contributed by atoms with Gasteiger partial charge in [0.1, 0.15) is 5.75 Å². The monoisotopic (exact) mass is 519 g/mol. The number of hydrogen-bond acceptors (Lipinski definition) is 5. The summed E-state index contributed by atoms with van der Waals surface area (Å²) in [5.41, 5.74) is 3.09. The molecule has 10 heteroatoms. The number of nitrogens with one attached hydrogen (secondary N) is 1. The van der Waals surface area contributed by atoms with E-state index in [9.17, 15) is 23.1 Å². The van der Waals surface area contributed by atoms with Gasteiger partial charge >= 0.3 is 12.4 Å². The second-order valence-electron chi connectivity index (χ2n) is 10.5. The van der Waals surface area contributed by atoms with E-state index in [2.05, 4.69) is 28.5 Å². The van der Waals surface area contributed by atoms with Gasteiger partial charge in [0.2, 0.25) is 5.95 Å².